The van der Waals surface area contributed by atoms with Crippen LogP contribution < -0.4 is 14.8 Å². The highest BCUT2D eigenvalue weighted by Crippen LogP contribution is 2.35. The van der Waals surface area contributed by atoms with Gasteiger partial charge in [-0.2, -0.15) is 5.10 Å². The van der Waals surface area contributed by atoms with Gasteiger partial charge in [-0.1, -0.05) is 13.3 Å². The third kappa shape index (κ3) is 4.92. The van der Waals surface area contributed by atoms with Gasteiger partial charge in [-0.15, -0.1) is 0 Å². The molecule has 174 valence electrons. The molecule has 0 fully saturated rings. The Morgan fingerprint density at radius 3 is 2.73 bits per heavy atom. The average molecular weight is 453 g/mol. The van der Waals surface area contributed by atoms with Crippen LogP contribution in [0, 0.1) is 0 Å². The van der Waals surface area contributed by atoms with Crippen molar-refractivity contribution in [2.45, 2.75) is 39.7 Å². The first kappa shape index (κ1) is 22.6. The fraction of sp³-hybridized carbons (Fsp3) is 0.417. The number of carbonyl (C=O) groups is 2. The Labute approximate surface area is 192 Å². The summed E-state index contributed by atoms with van der Waals surface area (Å²) in [6.07, 6.45) is 3.45. The molecule has 1 aromatic carbocycles. The van der Waals surface area contributed by atoms with Crippen LogP contribution in [-0.2, 0) is 9.53 Å². The van der Waals surface area contributed by atoms with Crippen LogP contribution in [0.2, 0.25) is 0 Å². The quantitative estimate of drug-likeness (QED) is 0.412. The molecular weight excluding hydrogens is 424 g/mol. The Hall–Kier alpha value is -3.62. The molecule has 0 saturated heterocycles. The van der Waals surface area contributed by atoms with E-state index in [4.69, 9.17) is 19.2 Å². The lowest BCUT2D eigenvalue weighted by Gasteiger charge is -2.19. The molecule has 0 atom stereocenters. The van der Waals surface area contributed by atoms with Gasteiger partial charge in [0, 0.05) is 18.2 Å². The Bertz CT molecular complexity index is 1170. The predicted molar refractivity (Wildman–Crippen MR) is 123 cm³/mol. The van der Waals surface area contributed by atoms with Crippen molar-refractivity contribution >= 4 is 22.9 Å². The summed E-state index contributed by atoms with van der Waals surface area (Å²) in [5.41, 5.74) is 2.21. The molecule has 0 unspecified atom stereocenters. The normalized spacial score (nSPS) is 12.7. The second-order valence-electron chi connectivity index (χ2n) is 8.11. The van der Waals surface area contributed by atoms with Crippen molar-refractivity contribution in [1.29, 1.82) is 0 Å². The summed E-state index contributed by atoms with van der Waals surface area (Å²) in [7, 11) is 0. The fourth-order valence-corrected chi connectivity index (χ4v) is 3.58. The number of hydrogen-bond donors (Lipinski definition) is 1. The summed E-state index contributed by atoms with van der Waals surface area (Å²) in [4.78, 5) is 29.8. The van der Waals surface area contributed by atoms with Crippen molar-refractivity contribution < 1.29 is 23.8 Å². The number of unbranched alkanes of at least 4 members (excludes halogenated alkanes) is 1. The number of esters is 1. The van der Waals surface area contributed by atoms with E-state index in [0.717, 1.165) is 18.4 Å². The van der Waals surface area contributed by atoms with E-state index in [9.17, 15) is 9.59 Å². The molecule has 0 bridgehead atoms. The maximum atomic E-state index is 13.0. The van der Waals surface area contributed by atoms with E-state index >= 15 is 0 Å². The summed E-state index contributed by atoms with van der Waals surface area (Å²) in [6, 6.07) is 7.24. The molecule has 33 heavy (non-hydrogen) atoms. The van der Waals surface area contributed by atoms with Crippen LogP contribution in [0.3, 0.4) is 0 Å². The molecule has 0 aliphatic carbocycles. The molecule has 0 radical (unpaired) electrons. The number of nitrogens with zero attached hydrogens (tertiary/aromatic N) is 3. The number of aromatic nitrogens is 3. The van der Waals surface area contributed by atoms with Crippen molar-refractivity contribution in [1.82, 2.24) is 20.1 Å². The third-order valence-electron chi connectivity index (χ3n) is 5.30. The molecule has 9 nitrogen and oxygen atoms in total. The number of carbonyl (C=O) groups excluding carboxylic acids is 2. The summed E-state index contributed by atoms with van der Waals surface area (Å²) < 4.78 is 18.4. The highest BCUT2D eigenvalue weighted by atomic mass is 16.6. The zero-order valence-electron chi connectivity index (χ0n) is 19.1. The number of pyridine rings is 1. The van der Waals surface area contributed by atoms with Crippen LogP contribution >= 0.6 is 0 Å². The Morgan fingerprint density at radius 1 is 1.18 bits per heavy atom. The van der Waals surface area contributed by atoms with Crippen LogP contribution in [0.5, 0.6) is 11.5 Å². The van der Waals surface area contributed by atoms with Gasteiger partial charge in [0.05, 0.1) is 22.8 Å². The minimum Gasteiger partial charge on any atom is -0.486 e. The van der Waals surface area contributed by atoms with E-state index in [1.54, 1.807) is 16.9 Å². The number of rotatable bonds is 8. The van der Waals surface area contributed by atoms with Crippen LogP contribution in [0.25, 0.3) is 22.3 Å². The summed E-state index contributed by atoms with van der Waals surface area (Å²) in [5.74, 6) is 0.375. The molecule has 0 saturated carbocycles. The van der Waals surface area contributed by atoms with Crippen molar-refractivity contribution in [2.24, 2.45) is 0 Å². The van der Waals surface area contributed by atoms with Gasteiger partial charge >= 0.3 is 5.97 Å². The molecule has 3 aromatic rings. The molecular formula is C24H28N4O5. The summed E-state index contributed by atoms with van der Waals surface area (Å²) in [6.45, 7) is 7.21. The van der Waals surface area contributed by atoms with Crippen molar-refractivity contribution in [3.8, 4) is 22.8 Å². The number of benzene rings is 1. The van der Waals surface area contributed by atoms with Crippen molar-refractivity contribution in [3.63, 3.8) is 0 Å². The number of nitrogens with one attached hydrogen (secondary N) is 1. The number of ether oxygens (including phenoxy) is 3. The van der Waals surface area contributed by atoms with Crippen LogP contribution in [-0.4, -0.2) is 53.0 Å². The predicted octanol–water partition coefficient (Wildman–Crippen LogP) is 3.52. The second kappa shape index (κ2) is 9.89. The standard InChI is InChI=1S/C24H28N4O5/c1-4-5-8-25-22(29)14-33-24(30)17-12-19(27-23-18(17)13-26-28(23)15(2)3)16-6-7-20-21(11-16)32-10-9-31-20/h6-7,11-13,15H,4-5,8-10,14H2,1-3H3,(H,25,29). The largest absolute Gasteiger partial charge is 0.486 e. The smallest absolute Gasteiger partial charge is 0.339 e. The van der Waals surface area contributed by atoms with Crippen molar-refractivity contribution in [2.75, 3.05) is 26.4 Å². The van der Waals surface area contributed by atoms with Gasteiger partial charge in [-0.25, -0.2) is 14.5 Å². The van der Waals surface area contributed by atoms with Gasteiger partial charge in [0.15, 0.2) is 23.8 Å². The van der Waals surface area contributed by atoms with Gasteiger partial charge in [0.25, 0.3) is 5.91 Å². The van der Waals surface area contributed by atoms with Gasteiger partial charge in [0.2, 0.25) is 0 Å². The maximum Gasteiger partial charge on any atom is 0.339 e. The maximum absolute atomic E-state index is 13.0. The van der Waals surface area contributed by atoms with E-state index in [2.05, 4.69) is 10.4 Å². The topological polar surface area (TPSA) is 105 Å². The zero-order chi connectivity index (χ0) is 23.4. The van der Waals surface area contributed by atoms with Gasteiger partial charge in [-0.3, -0.25) is 4.79 Å². The fourth-order valence-electron chi connectivity index (χ4n) is 3.58. The second-order valence-corrected chi connectivity index (χ2v) is 8.11. The molecule has 3 heterocycles. The molecule has 1 N–H and O–H groups in total. The molecule has 9 heteroatoms. The first-order chi connectivity index (χ1) is 16.0. The van der Waals surface area contributed by atoms with Crippen LogP contribution in [0.4, 0.5) is 0 Å². The lowest BCUT2D eigenvalue weighted by Crippen LogP contribution is -2.29. The molecule has 2 aromatic heterocycles. The van der Waals surface area contributed by atoms with Gasteiger partial charge < -0.3 is 19.5 Å². The third-order valence-corrected chi connectivity index (χ3v) is 5.30. The summed E-state index contributed by atoms with van der Waals surface area (Å²) >= 11 is 0. The Morgan fingerprint density at radius 2 is 1.97 bits per heavy atom. The highest BCUT2D eigenvalue weighted by Gasteiger charge is 2.21. The Balaban J connectivity index is 1.67. The minimum absolute atomic E-state index is 0.0405. The molecule has 4 rings (SSSR count). The van der Waals surface area contributed by atoms with Crippen molar-refractivity contribution in [3.05, 3.63) is 36.0 Å². The summed E-state index contributed by atoms with van der Waals surface area (Å²) in [5, 5.41) is 7.72. The van der Waals surface area contributed by atoms with E-state index in [-0.39, 0.29) is 18.6 Å². The molecule has 1 aliphatic rings. The van der Waals surface area contributed by atoms with E-state index in [0.29, 0.717) is 53.5 Å². The minimum atomic E-state index is -0.602. The lowest BCUT2D eigenvalue weighted by molar-refractivity contribution is -0.124. The number of amides is 1. The Kier molecular flexibility index (Phi) is 6.76. The highest BCUT2D eigenvalue weighted by molar-refractivity contribution is 6.04. The SMILES string of the molecule is CCCCNC(=O)COC(=O)c1cc(-c2ccc3c(c2)OCCO3)nc2c1cnn2C(C)C. The van der Waals surface area contributed by atoms with E-state index in [1.807, 2.05) is 39.0 Å². The molecule has 1 amide bonds. The monoisotopic (exact) mass is 452 g/mol. The molecule has 0 spiro atoms. The van der Waals surface area contributed by atoms with Crippen LogP contribution in [0.15, 0.2) is 30.5 Å². The van der Waals surface area contributed by atoms with E-state index in [1.165, 1.54) is 0 Å². The van der Waals surface area contributed by atoms with E-state index < -0.39 is 5.97 Å². The zero-order valence-corrected chi connectivity index (χ0v) is 19.1. The van der Waals surface area contributed by atoms with Gasteiger partial charge in [0.1, 0.15) is 13.2 Å². The number of fused-ring (bicyclic) bond motifs is 2. The van der Waals surface area contributed by atoms with Gasteiger partial charge in [-0.05, 0) is 44.5 Å². The van der Waals surface area contributed by atoms with Crippen LogP contribution in [0.1, 0.15) is 50.0 Å². The molecule has 1 aliphatic heterocycles. The average Bonchev–Trinajstić information content (AvgIpc) is 3.26. The lowest BCUT2D eigenvalue weighted by atomic mass is 10.1. The first-order valence-electron chi connectivity index (χ1n) is 11.2. The first-order valence-corrected chi connectivity index (χ1v) is 11.2. The number of hydrogen-bond acceptors (Lipinski definition) is 7.